The fourth-order valence-corrected chi connectivity index (χ4v) is 4.13. The lowest BCUT2D eigenvalue weighted by molar-refractivity contribution is -0.111. The standard InChI is InChI=1S/C18H20IN6OP/c1-23(2)7-6-17(26)12-5-8-24(21)16(9-12)18(20)13-3-4-14-11-22-25(27-19)15(14)10-13/h3-11,27H,20-21H2,1-2H3/b7-6+,18-16-. The second-order valence-electron chi connectivity index (χ2n) is 6.18. The number of hydrazine groups is 1. The first-order valence-corrected chi connectivity index (χ1v) is 12.1. The minimum absolute atomic E-state index is 0.113. The van der Waals surface area contributed by atoms with Gasteiger partial charge < -0.3 is 10.6 Å². The smallest absolute Gasteiger partial charge is 0.187 e. The van der Waals surface area contributed by atoms with Gasteiger partial charge in [-0.05, 0) is 40.3 Å². The van der Waals surface area contributed by atoms with Crippen LogP contribution in [0.2, 0.25) is 0 Å². The van der Waals surface area contributed by atoms with Gasteiger partial charge in [-0.1, -0.05) is 12.1 Å². The van der Waals surface area contributed by atoms with Crippen molar-refractivity contribution in [2.24, 2.45) is 11.6 Å². The van der Waals surface area contributed by atoms with Crippen LogP contribution in [-0.4, -0.2) is 39.3 Å². The third kappa shape index (κ3) is 4.23. The number of hydrogen-bond acceptors (Lipinski definition) is 6. The molecule has 1 unspecified atom stereocenters. The van der Waals surface area contributed by atoms with Crippen molar-refractivity contribution < 1.29 is 4.79 Å². The summed E-state index contributed by atoms with van der Waals surface area (Å²) in [7, 11) is 3.72. The number of benzene rings is 1. The van der Waals surface area contributed by atoms with Crippen molar-refractivity contribution in [2.75, 3.05) is 14.1 Å². The Morgan fingerprint density at radius 3 is 2.85 bits per heavy atom. The molecule has 1 aromatic carbocycles. The fourth-order valence-electron chi connectivity index (χ4n) is 2.60. The van der Waals surface area contributed by atoms with E-state index in [4.69, 9.17) is 11.6 Å². The number of rotatable bonds is 5. The summed E-state index contributed by atoms with van der Waals surface area (Å²) in [6.07, 6.45) is 10.6. The summed E-state index contributed by atoms with van der Waals surface area (Å²) in [4.78, 5) is 14.2. The maximum atomic E-state index is 12.4. The van der Waals surface area contributed by atoms with Gasteiger partial charge in [-0.3, -0.25) is 9.80 Å². The van der Waals surface area contributed by atoms with Crippen molar-refractivity contribution >= 4 is 50.8 Å². The predicted octanol–water partition coefficient (Wildman–Crippen LogP) is 2.73. The lowest BCUT2D eigenvalue weighted by Crippen LogP contribution is -2.28. The molecule has 27 heavy (non-hydrogen) atoms. The van der Waals surface area contributed by atoms with Crippen LogP contribution in [0.4, 0.5) is 0 Å². The minimum Gasteiger partial charge on any atom is -0.397 e. The van der Waals surface area contributed by atoms with Crippen LogP contribution in [0, 0.1) is 0 Å². The quantitative estimate of drug-likeness (QED) is 0.288. The van der Waals surface area contributed by atoms with E-state index in [9.17, 15) is 4.79 Å². The van der Waals surface area contributed by atoms with Gasteiger partial charge in [0.15, 0.2) is 5.78 Å². The van der Waals surface area contributed by atoms with Crippen molar-refractivity contribution in [3.05, 3.63) is 71.9 Å². The van der Waals surface area contributed by atoms with E-state index in [1.807, 2.05) is 42.9 Å². The van der Waals surface area contributed by atoms with Crippen molar-refractivity contribution in [1.82, 2.24) is 19.5 Å². The highest BCUT2D eigenvalue weighted by molar-refractivity contribution is 14.2. The first kappa shape index (κ1) is 19.6. The molecule has 0 saturated carbocycles. The topological polar surface area (TPSA) is 93.4 Å². The second kappa shape index (κ2) is 8.24. The normalized spacial score (nSPS) is 16.6. The van der Waals surface area contributed by atoms with Gasteiger partial charge in [-0.2, -0.15) is 5.10 Å². The Labute approximate surface area is 172 Å². The molecule has 2 heterocycles. The molecule has 0 amide bonds. The van der Waals surface area contributed by atoms with Gasteiger partial charge in [-0.15, -0.1) is 0 Å². The molecule has 0 saturated heterocycles. The first-order chi connectivity index (χ1) is 12.9. The molecule has 140 valence electrons. The van der Waals surface area contributed by atoms with Gasteiger partial charge in [0.25, 0.3) is 0 Å². The van der Waals surface area contributed by atoms with Gasteiger partial charge in [0, 0.05) is 49.1 Å². The van der Waals surface area contributed by atoms with Crippen LogP contribution in [-0.2, 0) is 4.79 Å². The second-order valence-corrected chi connectivity index (χ2v) is 8.22. The zero-order chi connectivity index (χ0) is 19.6. The molecule has 0 aliphatic carbocycles. The van der Waals surface area contributed by atoms with E-state index in [-0.39, 0.29) is 5.78 Å². The molecule has 7 nitrogen and oxygen atoms in total. The average molecular weight is 494 g/mol. The summed E-state index contributed by atoms with van der Waals surface area (Å²) in [5, 5.41) is 6.83. The van der Waals surface area contributed by atoms with Crippen molar-refractivity contribution in [3.8, 4) is 0 Å². The highest BCUT2D eigenvalue weighted by Gasteiger charge is 2.16. The number of carbonyl (C=O) groups is 1. The Balaban J connectivity index is 2.02. The predicted molar refractivity (Wildman–Crippen MR) is 120 cm³/mol. The van der Waals surface area contributed by atoms with E-state index < -0.39 is 0 Å². The summed E-state index contributed by atoms with van der Waals surface area (Å²) in [5.41, 5.74) is 9.83. The molecule has 1 aliphatic rings. The van der Waals surface area contributed by atoms with Crippen LogP contribution >= 0.6 is 28.4 Å². The molecular formula is C18H20IN6OP. The number of nitrogens with zero attached hydrogens (tertiary/aromatic N) is 4. The number of halogens is 1. The van der Waals surface area contributed by atoms with Crippen LogP contribution < -0.4 is 11.6 Å². The maximum Gasteiger partial charge on any atom is 0.187 e. The molecule has 4 N–H and O–H groups in total. The average Bonchev–Trinajstić information content (AvgIpc) is 3.08. The Kier molecular flexibility index (Phi) is 5.98. The van der Waals surface area contributed by atoms with Crippen molar-refractivity contribution in [1.29, 1.82) is 0 Å². The molecule has 1 atom stereocenters. The molecule has 0 fully saturated rings. The first-order valence-electron chi connectivity index (χ1n) is 8.08. The number of hydrogen-bond donors (Lipinski definition) is 2. The van der Waals surface area contributed by atoms with Crippen LogP contribution in [0.5, 0.6) is 0 Å². The molecule has 0 radical (unpaired) electrons. The highest BCUT2D eigenvalue weighted by Crippen LogP contribution is 2.30. The number of nitrogens with two attached hydrogens (primary N) is 2. The Hall–Kier alpha value is -2.16. The largest absolute Gasteiger partial charge is 0.397 e. The molecule has 9 heteroatoms. The molecule has 3 rings (SSSR count). The Morgan fingerprint density at radius 2 is 2.15 bits per heavy atom. The summed E-state index contributed by atoms with van der Waals surface area (Å²) in [5.74, 6) is 5.95. The van der Waals surface area contributed by atoms with E-state index in [1.165, 1.54) is 11.1 Å². The zero-order valence-corrected chi connectivity index (χ0v) is 18.1. The van der Waals surface area contributed by atoms with E-state index in [2.05, 4.69) is 27.1 Å². The van der Waals surface area contributed by atoms with Crippen molar-refractivity contribution in [3.63, 3.8) is 0 Å². The molecule has 1 aromatic heterocycles. The number of aromatic nitrogens is 2. The highest BCUT2D eigenvalue weighted by atomic mass is 127. The van der Waals surface area contributed by atoms with E-state index >= 15 is 0 Å². The van der Waals surface area contributed by atoms with E-state index in [1.54, 1.807) is 29.5 Å². The lowest BCUT2D eigenvalue weighted by Gasteiger charge is -2.22. The van der Waals surface area contributed by atoms with Crippen LogP contribution in [0.25, 0.3) is 16.6 Å². The number of ketones is 1. The van der Waals surface area contributed by atoms with Crippen molar-refractivity contribution in [2.45, 2.75) is 0 Å². The van der Waals surface area contributed by atoms with Gasteiger partial charge in [0.1, 0.15) is 0 Å². The maximum absolute atomic E-state index is 12.4. The van der Waals surface area contributed by atoms with Gasteiger partial charge in [-0.25, -0.2) is 10.3 Å². The number of carbonyl (C=O) groups excluding carboxylic acids is 1. The van der Waals surface area contributed by atoms with Crippen LogP contribution in [0.15, 0.2) is 66.3 Å². The van der Waals surface area contributed by atoms with Gasteiger partial charge in [0.2, 0.25) is 0 Å². The summed E-state index contributed by atoms with van der Waals surface area (Å²) >= 11 is 2.29. The number of fused-ring (bicyclic) bond motifs is 1. The van der Waals surface area contributed by atoms with Gasteiger partial charge >= 0.3 is 0 Å². The summed E-state index contributed by atoms with van der Waals surface area (Å²) < 4.78 is 1.93. The monoisotopic (exact) mass is 494 g/mol. The Morgan fingerprint density at radius 1 is 1.37 bits per heavy atom. The molecule has 0 spiro atoms. The molecule has 2 aromatic rings. The third-order valence-electron chi connectivity index (χ3n) is 4.03. The summed E-state index contributed by atoms with van der Waals surface area (Å²) in [6, 6.07) is 5.90. The molecular weight excluding hydrogens is 474 g/mol. The van der Waals surface area contributed by atoms with Crippen LogP contribution in [0.3, 0.4) is 0 Å². The molecule has 1 aliphatic heterocycles. The van der Waals surface area contributed by atoms with Crippen LogP contribution in [0.1, 0.15) is 5.56 Å². The van der Waals surface area contributed by atoms with Gasteiger partial charge in [0.05, 0.1) is 29.5 Å². The summed E-state index contributed by atoms with van der Waals surface area (Å²) in [6.45, 7) is 0. The lowest BCUT2D eigenvalue weighted by atomic mass is 10.0. The molecule has 0 bridgehead atoms. The van der Waals surface area contributed by atoms with E-state index in [0.717, 1.165) is 16.5 Å². The zero-order valence-electron chi connectivity index (χ0n) is 14.9. The number of allylic oxidation sites excluding steroid dienone is 4. The fraction of sp³-hybridized carbons (Fsp3) is 0.111. The minimum atomic E-state index is -0.113. The third-order valence-corrected chi connectivity index (χ3v) is 5.92. The SMILES string of the molecule is CN(C)/C=C/C(=O)C1=C/C(=C(/N)c2ccc3cnn(PI)c3c2)N(N)C=C1. The van der Waals surface area contributed by atoms with E-state index in [0.29, 0.717) is 23.3 Å². The Bertz CT molecular complexity index is 1000.